The van der Waals surface area contributed by atoms with Crippen LogP contribution in [0.4, 0.5) is 5.69 Å². The molecule has 3 aromatic rings. The van der Waals surface area contributed by atoms with Crippen molar-refractivity contribution in [3.63, 3.8) is 0 Å². The van der Waals surface area contributed by atoms with Crippen molar-refractivity contribution in [3.8, 4) is 5.75 Å². The molecule has 0 spiro atoms. The first-order chi connectivity index (χ1) is 15.6. The summed E-state index contributed by atoms with van der Waals surface area (Å²) in [6.07, 6.45) is 3.73. The minimum absolute atomic E-state index is 0.345. The molecule has 5 rings (SSSR count). The molecule has 0 atom stereocenters. The zero-order chi connectivity index (χ0) is 22.1. The topological polar surface area (TPSA) is 77.7 Å². The van der Waals surface area contributed by atoms with Crippen LogP contribution < -0.4 is 15.0 Å². The number of rotatable bonds is 5. The van der Waals surface area contributed by atoms with E-state index in [2.05, 4.69) is 39.6 Å². The maximum atomic E-state index is 13.5. The standard InChI is InChI=1S/C24H30N4O3S/c1-31-24-7-6-19(16-23(24)27-14-10-25-11-15-27)32(29,30)28-12-8-18(9-13-28)21-17-26-22-5-3-2-4-20(21)22/h2-7,16-18,25-26H,8-15H2,1H3. The van der Waals surface area contributed by atoms with Gasteiger partial charge in [0.05, 0.1) is 17.7 Å². The SMILES string of the molecule is COc1ccc(S(=O)(=O)N2CCC(c3c[nH]c4ccccc34)CC2)cc1N1CCNCC1. The van der Waals surface area contributed by atoms with Crippen molar-refractivity contribution in [1.29, 1.82) is 0 Å². The van der Waals surface area contributed by atoms with Crippen LogP contribution in [0.2, 0.25) is 0 Å². The number of H-pyrrole nitrogens is 1. The fourth-order valence-electron chi connectivity index (χ4n) is 4.97. The van der Waals surface area contributed by atoms with E-state index in [4.69, 9.17) is 4.74 Å². The molecule has 2 N–H and O–H groups in total. The fraction of sp³-hybridized carbons (Fsp3) is 0.417. The smallest absolute Gasteiger partial charge is 0.243 e. The van der Waals surface area contributed by atoms with E-state index in [0.717, 1.165) is 50.2 Å². The van der Waals surface area contributed by atoms with Crippen LogP contribution in [0.1, 0.15) is 24.3 Å². The zero-order valence-corrected chi connectivity index (χ0v) is 19.2. The predicted octanol–water partition coefficient (Wildman–Crippen LogP) is 3.15. The second kappa shape index (κ2) is 8.77. The van der Waals surface area contributed by atoms with Gasteiger partial charge in [-0.3, -0.25) is 0 Å². The van der Waals surface area contributed by atoms with Gasteiger partial charge in [0, 0.05) is 56.4 Å². The highest BCUT2D eigenvalue weighted by Gasteiger charge is 2.31. The number of aromatic amines is 1. The molecule has 2 aliphatic rings. The Bertz CT molecular complexity index is 1190. The molecule has 1 aromatic heterocycles. The van der Waals surface area contributed by atoms with E-state index in [1.54, 1.807) is 29.6 Å². The third-order valence-electron chi connectivity index (χ3n) is 6.76. The molecule has 2 saturated heterocycles. The van der Waals surface area contributed by atoms with Crippen LogP contribution in [0.3, 0.4) is 0 Å². The molecular formula is C24H30N4O3S. The number of hydrogen-bond donors (Lipinski definition) is 2. The Morgan fingerprint density at radius 1 is 1.00 bits per heavy atom. The molecule has 2 aliphatic heterocycles. The molecule has 2 aromatic carbocycles. The second-order valence-corrected chi connectivity index (χ2v) is 10.5. The lowest BCUT2D eigenvalue weighted by Gasteiger charge is -2.33. The number of piperazine rings is 1. The van der Waals surface area contributed by atoms with Gasteiger partial charge >= 0.3 is 0 Å². The highest BCUT2D eigenvalue weighted by Crippen LogP contribution is 2.36. The summed E-state index contributed by atoms with van der Waals surface area (Å²) in [5.74, 6) is 1.08. The number of anilines is 1. The van der Waals surface area contributed by atoms with Crippen molar-refractivity contribution in [3.05, 3.63) is 54.2 Å². The number of fused-ring (bicyclic) bond motifs is 1. The van der Waals surface area contributed by atoms with E-state index in [-0.39, 0.29) is 0 Å². The lowest BCUT2D eigenvalue weighted by molar-refractivity contribution is 0.320. The average molecular weight is 455 g/mol. The predicted molar refractivity (Wildman–Crippen MR) is 127 cm³/mol. The Hall–Kier alpha value is -2.55. The molecule has 170 valence electrons. The van der Waals surface area contributed by atoms with Crippen molar-refractivity contribution in [2.75, 3.05) is 51.3 Å². The number of nitrogens with zero attached hydrogens (tertiary/aromatic N) is 2. The molecule has 2 fully saturated rings. The van der Waals surface area contributed by atoms with E-state index in [9.17, 15) is 8.42 Å². The van der Waals surface area contributed by atoms with E-state index in [1.807, 2.05) is 6.07 Å². The van der Waals surface area contributed by atoms with Gasteiger partial charge in [-0.1, -0.05) is 18.2 Å². The number of nitrogens with one attached hydrogen (secondary N) is 2. The first-order valence-corrected chi connectivity index (χ1v) is 12.7. The number of hydrogen-bond acceptors (Lipinski definition) is 5. The molecule has 0 radical (unpaired) electrons. The van der Waals surface area contributed by atoms with Crippen LogP contribution in [0, 0.1) is 0 Å². The average Bonchev–Trinajstić information content (AvgIpc) is 3.28. The van der Waals surface area contributed by atoms with Gasteiger partial charge in [-0.15, -0.1) is 0 Å². The van der Waals surface area contributed by atoms with Gasteiger partial charge in [0.1, 0.15) is 5.75 Å². The van der Waals surface area contributed by atoms with E-state index in [0.29, 0.717) is 29.7 Å². The summed E-state index contributed by atoms with van der Waals surface area (Å²) in [6, 6.07) is 13.5. The van der Waals surface area contributed by atoms with Crippen molar-refractivity contribution in [2.45, 2.75) is 23.7 Å². The molecular weight excluding hydrogens is 424 g/mol. The summed E-state index contributed by atoms with van der Waals surface area (Å²) >= 11 is 0. The Balaban J connectivity index is 1.35. The number of para-hydroxylation sites is 1. The number of aromatic nitrogens is 1. The maximum Gasteiger partial charge on any atom is 0.243 e. The van der Waals surface area contributed by atoms with Crippen LogP contribution in [-0.4, -0.2) is 64.1 Å². The van der Waals surface area contributed by atoms with Gasteiger partial charge in [-0.05, 0) is 48.6 Å². The molecule has 0 unspecified atom stereocenters. The summed E-state index contributed by atoms with van der Waals surface area (Å²) < 4.78 is 34.1. The Labute approximate surface area is 189 Å². The zero-order valence-electron chi connectivity index (χ0n) is 18.4. The number of ether oxygens (including phenoxy) is 1. The van der Waals surface area contributed by atoms with E-state index < -0.39 is 10.0 Å². The highest BCUT2D eigenvalue weighted by atomic mass is 32.2. The molecule has 0 aliphatic carbocycles. The van der Waals surface area contributed by atoms with Gasteiger partial charge in [-0.2, -0.15) is 4.31 Å². The first kappa shape index (κ1) is 21.3. The Morgan fingerprint density at radius 2 is 1.75 bits per heavy atom. The van der Waals surface area contributed by atoms with Gasteiger partial charge in [0.25, 0.3) is 0 Å². The van der Waals surface area contributed by atoms with Crippen LogP contribution >= 0.6 is 0 Å². The molecule has 7 nitrogen and oxygen atoms in total. The molecule has 32 heavy (non-hydrogen) atoms. The minimum atomic E-state index is -3.56. The number of sulfonamides is 1. The van der Waals surface area contributed by atoms with Crippen molar-refractivity contribution in [1.82, 2.24) is 14.6 Å². The third-order valence-corrected chi connectivity index (χ3v) is 8.66. The molecule has 8 heteroatoms. The number of piperidine rings is 1. The lowest BCUT2D eigenvalue weighted by atomic mass is 9.90. The van der Waals surface area contributed by atoms with Crippen LogP contribution in [-0.2, 0) is 10.0 Å². The van der Waals surface area contributed by atoms with E-state index in [1.165, 1.54) is 10.9 Å². The Morgan fingerprint density at radius 3 is 2.50 bits per heavy atom. The quantitative estimate of drug-likeness (QED) is 0.619. The van der Waals surface area contributed by atoms with Gasteiger partial charge < -0.3 is 19.9 Å². The summed E-state index contributed by atoms with van der Waals surface area (Å²) in [4.78, 5) is 5.88. The van der Waals surface area contributed by atoms with Gasteiger partial charge in [0.2, 0.25) is 10.0 Å². The largest absolute Gasteiger partial charge is 0.495 e. The van der Waals surface area contributed by atoms with Crippen molar-refractivity contribution in [2.24, 2.45) is 0 Å². The summed E-state index contributed by atoms with van der Waals surface area (Å²) in [6.45, 7) is 4.47. The fourth-order valence-corrected chi connectivity index (χ4v) is 6.46. The summed E-state index contributed by atoms with van der Waals surface area (Å²) in [7, 11) is -1.93. The van der Waals surface area contributed by atoms with E-state index >= 15 is 0 Å². The summed E-state index contributed by atoms with van der Waals surface area (Å²) in [5.41, 5.74) is 3.28. The van der Waals surface area contributed by atoms with Crippen molar-refractivity contribution >= 4 is 26.6 Å². The first-order valence-electron chi connectivity index (χ1n) is 11.3. The molecule has 0 amide bonds. The normalized spacial score (nSPS) is 18.8. The van der Waals surface area contributed by atoms with Gasteiger partial charge in [-0.25, -0.2) is 8.42 Å². The molecule has 0 bridgehead atoms. The van der Waals surface area contributed by atoms with Gasteiger partial charge in [0.15, 0.2) is 0 Å². The minimum Gasteiger partial charge on any atom is -0.495 e. The molecule has 0 saturated carbocycles. The highest BCUT2D eigenvalue weighted by molar-refractivity contribution is 7.89. The maximum absolute atomic E-state index is 13.5. The monoisotopic (exact) mass is 454 g/mol. The number of methoxy groups -OCH3 is 1. The Kier molecular flexibility index (Phi) is 5.84. The number of benzene rings is 2. The van der Waals surface area contributed by atoms with Crippen LogP contribution in [0.15, 0.2) is 53.6 Å². The lowest BCUT2D eigenvalue weighted by Crippen LogP contribution is -2.43. The van der Waals surface area contributed by atoms with Crippen LogP contribution in [0.5, 0.6) is 5.75 Å². The summed E-state index contributed by atoms with van der Waals surface area (Å²) in [5, 5.41) is 4.57. The molecule has 3 heterocycles. The van der Waals surface area contributed by atoms with Crippen LogP contribution in [0.25, 0.3) is 10.9 Å². The van der Waals surface area contributed by atoms with Crippen molar-refractivity contribution < 1.29 is 13.2 Å². The second-order valence-electron chi connectivity index (χ2n) is 8.54. The third kappa shape index (κ3) is 3.87.